The molecule has 188 valence electrons. The van der Waals surface area contributed by atoms with Crippen LogP contribution in [0, 0.1) is 12.8 Å². The lowest BCUT2D eigenvalue weighted by molar-refractivity contribution is -0.132. The van der Waals surface area contributed by atoms with Crippen LogP contribution in [0.4, 0.5) is 0 Å². The van der Waals surface area contributed by atoms with E-state index in [0.717, 1.165) is 41.7 Å². The molecule has 0 saturated carbocycles. The molecule has 6 nitrogen and oxygen atoms in total. The number of benzene rings is 2. The van der Waals surface area contributed by atoms with Crippen molar-refractivity contribution >= 4 is 11.8 Å². The summed E-state index contributed by atoms with van der Waals surface area (Å²) in [5.41, 5.74) is 3.95. The number of pyridine rings is 1. The van der Waals surface area contributed by atoms with Gasteiger partial charge in [0.2, 0.25) is 5.91 Å². The van der Waals surface area contributed by atoms with Crippen LogP contribution in [-0.2, 0) is 17.6 Å². The van der Waals surface area contributed by atoms with Crippen molar-refractivity contribution in [1.29, 1.82) is 0 Å². The van der Waals surface area contributed by atoms with Gasteiger partial charge in [0.15, 0.2) is 0 Å². The second kappa shape index (κ2) is 11.8. The predicted octanol–water partition coefficient (Wildman–Crippen LogP) is 4.56. The Bertz CT molecular complexity index is 1170. The van der Waals surface area contributed by atoms with Gasteiger partial charge in [-0.1, -0.05) is 36.4 Å². The van der Waals surface area contributed by atoms with Crippen molar-refractivity contribution in [2.75, 3.05) is 27.2 Å². The van der Waals surface area contributed by atoms with Crippen LogP contribution >= 0.6 is 0 Å². The second-order valence-electron chi connectivity index (χ2n) is 9.60. The normalized spacial score (nSPS) is 14.8. The predicted molar refractivity (Wildman–Crippen MR) is 141 cm³/mol. The van der Waals surface area contributed by atoms with Crippen LogP contribution in [0.25, 0.3) is 0 Å². The number of likely N-dealkylation sites (N-methyl/N-ethyl adjacent to an activating group) is 1. The highest BCUT2D eigenvalue weighted by Crippen LogP contribution is 2.28. The molecular formula is C30H35N3O3. The Balaban J connectivity index is 1.48. The van der Waals surface area contributed by atoms with Crippen LogP contribution in [0.1, 0.15) is 39.9 Å². The highest BCUT2D eigenvalue weighted by atomic mass is 16.5. The fourth-order valence-electron chi connectivity index (χ4n) is 5.12. The third-order valence-electron chi connectivity index (χ3n) is 7.34. The summed E-state index contributed by atoms with van der Waals surface area (Å²) in [6, 6.07) is 19.7. The van der Waals surface area contributed by atoms with Gasteiger partial charge in [-0.3, -0.25) is 14.6 Å². The number of hydrogen-bond donors (Lipinski definition) is 0. The van der Waals surface area contributed by atoms with Crippen molar-refractivity contribution in [2.45, 2.75) is 38.6 Å². The molecule has 1 aliphatic rings. The van der Waals surface area contributed by atoms with E-state index in [-0.39, 0.29) is 23.8 Å². The van der Waals surface area contributed by atoms with Gasteiger partial charge in [0, 0.05) is 38.6 Å². The Kier molecular flexibility index (Phi) is 8.36. The van der Waals surface area contributed by atoms with E-state index in [0.29, 0.717) is 25.1 Å². The number of methoxy groups -OCH3 is 1. The van der Waals surface area contributed by atoms with Crippen LogP contribution in [0.5, 0.6) is 5.75 Å². The van der Waals surface area contributed by atoms with Gasteiger partial charge in [0.1, 0.15) is 5.75 Å². The van der Waals surface area contributed by atoms with Crippen molar-refractivity contribution in [3.63, 3.8) is 0 Å². The molecule has 0 radical (unpaired) electrons. The van der Waals surface area contributed by atoms with Gasteiger partial charge in [0.25, 0.3) is 5.91 Å². The van der Waals surface area contributed by atoms with Gasteiger partial charge in [0.05, 0.1) is 19.1 Å². The van der Waals surface area contributed by atoms with Crippen molar-refractivity contribution in [1.82, 2.24) is 14.8 Å². The maximum Gasteiger partial charge on any atom is 0.255 e. The average Bonchev–Trinajstić information content (AvgIpc) is 2.93. The maximum atomic E-state index is 13.3. The zero-order chi connectivity index (χ0) is 25.5. The van der Waals surface area contributed by atoms with Crippen LogP contribution in [0.15, 0.2) is 73.1 Å². The van der Waals surface area contributed by atoms with E-state index < -0.39 is 0 Å². The molecule has 0 aliphatic carbocycles. The molecule has 36 heavy (non-hydrogen) atoms. The standard InChI is InChI=1S/C30H35N3O3/c1-22-8-4-5-10-25(22)20-29(34)33-16-13-24(14-17-33)28(19-23-9-6-12-27(18-23)36-3)32(2)30(35)26-11-7-15-31-21-26/h4-12,15,18,21,24,28H,13-14,16-17,19-20H2,1-3H3/t28-/m0/s1. The summed E-state index contributed by atoms with van der Waals surface area (Å²) in [5, 5.41) is 0. The molecule has 6 heteroatoms. The first-order chi connectivity index (χ1) is 17.5. The third-order valence-corrected chi connectivity index (χ3v) is 7.34. The van der Waals surface area contributed by atoms with Crippen molar-refractivity contribution in [3.8, 4) is 5.75 Å². The van der Waals surface area contributed by atoms with Gasteiger partial charge < -0.3 is 14.5 Å². The molecule has 0 spiro atoms. The zero-order valence-electron chi connectivity index (χ0n) is 21.4. The summed E-state index contributed by atoms with van der Waals surface area (Å²) in [5.74, 6) is 1.23. The summed E-state index contributed by atoms with van der Waals surface area (Å²) in [4.78, 5) is 34.3. The van der Waals surface area contributed by atoms with Gasteiger partial charge in [-0.2, -0.15) is 0 Å². The Hall–Kier alpha value is -3.67. The molecule has 0 unspecified atom stereocenters. The SMILES string of the molecule is COc1cccc(C[C@@H](C2CCN(C(=O)Cc3ccccc3C)CC2)N(C)C(=O)c2cccnc2)c1. The lowest BCUT2D eigenvalue weighted by Crippen LogP contribution is -2.48. The Morgan fingerprint density at radius 3 is 2.56 bits per heavy atom. The number of piperidine rings is 1. The van der Waals surface area contributed by atoms with E-state index in [4.69, 9.17) is 4.74 Å². The number of amides is 2. The first-order valence-electron chi connectivity index (χ1n) is 12.6. The highest BCUT2D eigenvalue weighted by molar-refractivity contribution is 5.94. The number of aromatic nitrogens is 1. The van der Waals surface area contributed by atoms with Crippen molar-refractivity contribution < 1.29 is 14.3 Å². The minimum absolute atomic E-state index is 0.00145. The molecule has 1 aliphatic heterocycles. The first kappa shape index (κ1) is 25.4. The van der Waals surface area contributed by atoms with E-state index in [1.54, 1.807) is 31.6 Å². The summed E-state index contributed by atoms with van der Waals surface area (Å²) < 4.78 is 5.42. The Morgan fingerprint density at radius 2 is 1.86 bits per heavy atom. The number of likely N-dealkylation sites (tertiary alicyclic amines) is 1. The lowest BCUT2D eigenvalue weighted by Gasteiger charge is -2.40. The van der Waals surface area contributed by atoms with Crippen LogP contribution in [0.2, 0.25) is 0 Å². The van der Waals surface area contributed by atoms with Gasteiger partial charge >= 0.3 is 0 Å². The van der Waals surface area contributed by atoms with Gasteiger partial charge in [-0.15, -0.1) is 0 Å². The maximum absolute atomic E-state index is 13.3. The van der Waals surface area contributed by atoms with E-state index in [1.807, 2.05) is 66.2 Å². The number of nitrogens with zero attached hydrogens (tertiary/aromatic N) is 3. The largest absolute Gasteiger partial charge is 0.497 e. The van der Waals surface area contributed by atoms with Crippen molar-refractivity contribution in [3.05, 3.63) is 95.3 Å². The molecule has 1 aromatic heterocycles. The summed E-state index contributed by atoms with van der Waals surface area (Å²) in [7, 11) is 3.55. The zero-order valence-corrected chi connectivity index (χ0v) is 21.4. The fourth-order valence-corrected chi connectivity index (χ4v) is 5.12. The van der Waals surface area contributed by atoms with Crippen LogP contribution < -0.4 is 4.74 Å². The molecule has 2 amide bonds. The number of hydrogen-bond acceptors (Lipinski definition) is 4. The van der Waals surface area contributed by atoms with E-state index >= 15 is 0 Å². The Labute approximate surface area is 213 Å². The Morgan fingerprint density at radius 1 is 1.08 bits per heavy atom. The molecule has 1 fully saturated rings. The molecule has 2 heterocycles. The number of ether oxygens (including phenoxy) is 1. The van der Waals surface area contributed by atoms with Gasteiger partial charge in [-0.05, 0) is 73.1 Å². The number of carbonyl (C=O) groups is 2. The second-order valence-corrected chi connectivity index (χ2v) is 9.60. The smallest absolute Gasteiger partial charge is 0.255 e. The number of rotatable bonds is 8. The quantitative estimate of drug-likeness (QED) is 0.469. The van der Waals surface area contributed by atoms with Gasteiger partial charge in [-0.25, -0.2) is 0 Å². The minimum atomic E-state index is -0.0333. The van der Waals surface area contributed by atoms with Crippen LogP contribution in [0.3, 0.4) is 0 Å². The average molecular weight is 486 g/mol. The summed E-state index contributed by atoms with van der Waals surface area (Å²) >= 11 is 0. The molecule has 0 N–H and O–H groups in total. The molecular weight excluding hydrogens is 450 g/mol. The van der Waals surface area contributed by atoms with Crippen LogP contribution in [-0.4, -0.2) is 59.9 Å². The molecule has 4 rings (SSSR count). The molecule has 0 bridgehead atoms. The monoisotopic (exact) mass is 485 g/mol. The molecule has 1 atom stereocenters. The first-order valence-corrected chi connectivity index (χ1v) is 12.6. The lowest BCUT2D eigenvalue weighted by atomic mass is 9.84. The summed E-state index contributed by atoms with van der Waals surface area (Å²) in [6.45, 7) is 3.46. The number of aryl methyl sites for hydroxylation is 1. The minimum Gasteiger partial charge on any atom is -0.497 e. The molecule has 3 aromatic rings. The van der Waals surface area contributed by atoms with E-state index in [1.165, 1.54) is 0 Å². The van der Waals surface area contributed by atoms with E-state index in [9.17, 15) is 9.59 Å². The molecule has 2 aromatic carbocycles. The summed E-state index contributed by atoms with van der Waals surface area (Å²) in [6.07, 6.45) is 6.17. The highest BCUT2D eigenvalue weighted by Gasteiger charge is 2.33. The topological polar surface area (TPSA) is 62.7 Å². The fraction of sp³-hybridized carbons (Fsp3) is 0.367. The number of carbonyl (C=O) groups excluding carboxylic acids is 2. The molecule has 1 saturated heterocycles. The van der Waals surface area contributed by atoms with Crippen molar-refractivity contribution in [2.24, 2.45) is 5.92 Å². The van der Waals surface area contributed by atoms with E-state index in [2.05, 4.69) is 11.1 Å². The third kappa shape index (κ3) is 6.11.